The molecule has 19 heavy (non-hydrogen) atoms. The Morgan fingerprint density at radius 3 is 2.58 bits per heavy atom. The zero-order chi connectivity index (χ0) is 13.6. The van der Waals surface area contributed by atoms with Crippen molar-refractivity contribution >= 4 is 5.65 Å². The van der Waals surface area contributed by atoms with E-state index in [9.17, 15) is 0 Å². The third kappa shape index (κ3) is 2.01. The van der Waals surface area contributed by atoms with Crippen molar-refractivity contribution in [2.24, 2.45) is 0 Å². The van der Waals surface area contributed by atoms with Crippen LogP contribution in [0.25, 0.3) is 11.3 Å². The summed E-state index contributed by atoms with van der Waals surface area (Å²) in [6.45, 7) is 8.49. The molecule has 98 valence electrons. The van der Waals surface area contributed by atoms with Gasteiger partial charge in [-0.1, -0.05) is 20.8 Å². The van der Waals surface area contributed by atoms with E-state index in [1.54, 1.807) is 10.7 Å². The lowest BCUT2D eigenvalue weighted by molar-refractivity contribution is 0.590. The van der Waals surface area contributed by atoms with Gasteiger partial charge in [0.1, 0.15) is 5.69 Å². The Morgan fingerprint density at radius 1 is 1.11 bits per heavy atom. The second-order valence-corrected chi connectivity index (χ2v) is 5.79. The van der Waals surface area contributed by atoms with Gasteiger partial charge < -0.3 is 0 Å². The number of rotatable bonds is 1. The SMILES string of the molecule is Cc1ccn2ncc(-n3cc(C(C)(C)C)cn3)c2n1. The monoisotopic (exact) mass is 255 g/mol. The number of hydrogen-bond donors (Lipinski definition) is 0. The molecule has 0 bridgehead atoms. The number of aromatic nitrogens is 5. The molecule has 0 aromatic carbocycles. The van der Waals surface area contributed by atoms with Crippen molar-refractivity contribution in [2.75, 3.05) is 0 Å². The summed E-state index contributed by atoms with van der Waals surface area (Å²) in [5.74, 6) is 0. The van der Waals surface area contributed by atoms with E-state index in [1.807, 2.05) is 36.3 Å². The minimum atomic E-state index is 0.0879. The van der Waals surface area contributed by atoms with E-state index >= 15 is 0 Å². The molecule has 0 amide bonds. The summed E-state index contributed by atoms with van der Waals surface area (Å²) in [6.07, 6.45) is 7.65. The lowest BCUT2D eigenvalue weighted by Crippen LogP contribution is -2.09. The highest BCUT2D eigenvalue weighted by Crippen LogP contribution is 2.23. The van der Waals surface area contributed by atoms with Gasteiger partial charge in [-0.05, 0) is 24.0 Å². The van der Waals surface area contributed by atoms with Gasteiger partial charge in [-0.25, -0.2) is 14.2 Å². The molecule has 3 rings (SSSR count). The van der Waals surface area contributed by atoms with Crippen LogP contribution in [-0.4, -0.2) is 24.4 Å². The van der Waals surface area contributed by atoms with Crippen LogP contribution in [0.3, 0.4) is 0 Å². The fourth-order valence-corrected chi connectivity index (χ4v) is 1.95. The molecule has 0 radical (unpaired) electrons. The molecule has 0 saturated heterocycles. The Labute approximate surface area is 111 Å². The first-order chi connectivity index (χ1) is 8.95. The molecule has 3 heterocycles. The highest BCUT2D eigenvalue weighted by Gasteiger charge is 2.17. The maximum Gasteiger partial charge on any atom is 0.181 e. The second kappa shape index (κ2) is 3.91. The van der Waals surface area contributed by atoms with Gasteiger partial charge in [0.15, 0.2) is 5.65 Å². The van der Waals surface area contributed by atoms with Crippen molar-refractivity contribution in [3.8, 4) is 5.69 Å². The summed E-state index contributed by atoms with van der Waals surface area (Å²) in [7, 11) is 0. The summed E-state index contributed by atoms with van der Waals surface area (Å²) < 4.78 is 3.61. The smallest absolute Gasteiger partial charge is 0.181 e. The maximum atomic E-state index is 4.52. The quantitative estimate of drug-likeness (QED) is 0.671. The molecule has 5 nitrogen and oxygen atoms in total. The van der Waals surface area contributed by atoms with Crippen LogP contribution in [0.2, 0.25) is 0 Å². The first kappa shape index (κ1) is 11.9. The highest BCUT2D eigenvalue weighted by atomic mass is 15.3. The Bertz CT molecular complexity index is 730. The molecule has 3 aromatic heterocycles. The standard InChI is InChI=1S/C14H17N5/c1-10-5-6-18-13(17-10)12(8-16-18)19-9-11(7-15-19)14(2,3)4/h5-9H,1-4H3. The lowest BCUT2D eigenvalue weighted by Gasteiger charge is -2.14. The van der Waals surface area contributed by atoms with Gasteiger partial charge in [-0.3, -0.25) is 0 Å². The van der Waals surface area contributed by atoms with Crippen molar-refractivity contribution in [1.82, 2.24) is 24.4 Å². The average Bonchev–Trinajstić information content (AvgIpc) is 2.92. The Morgan fingerprint density at radius 2 is 1.89 bits per heavy atom. The molecule has 0 aliphatic carbocycles. The van der Waals surface area contributed by atoms with Gasteiger partial charge in [0.25, 0.3) is 0 Å². The molecule has 0 aliphatic heterocycles. The van der Waals surface area contributed by atoms with Crippen LogP contribution in [-0.2, 0) is 5.41 Å². The number of aryl methyl sites for hydroxylation is 1. The van der Waals surface area contributed by atoms with E-state index in [1.165, 1.54) is 5.56 Å². The molecule has 0 unspecified atom stereocenters. The summed E-state index contributed by atoms with van der Waals surface area (Å²) in [6, 6.07) is 1.94. The van der Waals surface area contributed by atoms with Gasteiger partial charge >= 0.3 is 0 Å². The first-order valence-electron chi connectivity index (χ1n) is 6.32. The minimum Gasteiger partial charge on any atom is -0.235 e. The summed E-state index contributed by atoms with van der Waals surface area (Å²) >= 11 is 0. The van der Waals surface area contributed by atoms with E-state index in [-0.39, 0.29) is 5.41 Å². The normalized spacial score (nSPS) is 12.2. The van der Waals surface area contributed by atoms with E-state index in [2.05, 4.69) is 36.0 Å². The Balaban J connectivity index is 2.14. The minimum absolute atomic E-state index is 0.0879. The van der Waals surface area contributed by atoms with Crippen molar-refractivity contribution in [3.63, 3.8) is 0 Å². The van der Waals surface area contributed by atoms with E-state index in [0.29, 0.717) is 0 Å². The van der Waals surface area contributed by atoms with Crippen LogP contribution in [0, 0.1) is 6.92 Å². The molecule has 3 aromatic rings. The maximum absolute atomic E-state index is 4.52. The van der Waals surface area contributed by atoms with Gasteiger partial charge in [0.2, 0.25) is 0 Å². The number of nitrogens with zero attached hydrogens (tertiary/aromatic N) is 5. The fourth-order valence-electron chi connectivity index (χ4n) is 1.95. The summed E-state index contributed by atoms with van der Waals surface area (Å²) in [5.41, 5.74) is 3.98. The lowest BCUT2D eigenvalue weighted by atomic mass is 9.90. The second-order valence-electron chi connectivity index (χ2n) is 5.79. The molecule has 0 spiro atoms. The molecule has 0 fully saturated rings. The van der Waals surface area contributed by atoms with Crippen LogP contribution >= 0.6 is 0 Å². The summed E-state index contributed by atoms with van der Waals surface area (Å²) in [4.78, 5) is 4.52. The zero-order valence-corrected chi connectivity index (χ0v) is 11.6. The van der Waals surface area contributed by atoms with Gasteiger partial charge in [0, 0.05) is 18.1 Å². The molecule has 0 aliphatic rings. The predicted octanol–water partition coefficient (Wildman–Crippen LogP) is 2.52. The average molecular weight is 255 g/mol. The van der Waals surface area contributed by atoms with Crippen LogP contribution in [0.5, 0.6) is 0 Å². The van der Waals surface area contributed by atoms with Crippen molar-refractivity contribution in [3.05, 3.63) is 42.1 Å². The fraction of sp³-hybridized carbons (Fsp3) is 0.357. The molecular formula is C14H17N5. The topological polar surface area (TPSA) is 48.0 Å². The third-order valence-corrected chi connectivity index (χ3v) is 3.19. The van der Waals surface area contributed by atoms with Crippen LogP contribution in [0.15, 0.2) is 30.9 Å². The highest BCUT2D eigenvalue weighted by molar-refractivity contribution is 5.57. The zero-order valence-electron chi connectivity index (χ0n) is 11.6. The predicted molar refractivity (Wildman–Crippen MR) is 73.5 cm³/mol. The van der Waals surface area contributed by atoms with Crippen molar-refractivity contribution < 1.29 is 0 Å². The molecule has 0 saturated carbocycles. The van der Waals surface area contributed by atoms with E-state index < -0.39 is 0 Å². The molecule has 0 N–H and O–H groups in total. The molecule has 0 atom stereocenters. The summed E-state index contributed by atoms with van der Waals surface area (Å²) in [5, 5.41) is 8.73. The largest absolute Gasteiger partial charge is 0.235 e. The van der Waals surface area contributed by atoms with E-state index in [4.69, 9.17) is 0 Å². The first-order valence-corrected chi connectivity index (χ1v) is 6.32. The van der Waals surface area contributed by atoms with Crippen molar-refractivity contribution in [1.29, 1.82) is 0 Å². The van der Waals surface area contributed by atoms with Gasteiger partial charge in [-0.2, -0.15) is 10.2 Å². The van der Waals surface area contributed by atoms with Gasteiger partial charge in [-0.15, -0.1) is 0 Å². The molecule has 5 heteroatoms. The number of fused-ring (bicyclic) bond motifs is 1. The van der Waals surface area contributed by atoms with Crippen LogP contribution in [0.4, 0.5) is 0 Å². The number of hydrogen-bond acceptors (Lipinski definition) is 3. The molecular weight excluding hydrogens is 238 g/mol. The Kier molecular flexibility index (Phi) is 2.45. The van der Waals surface area contributed by atoms with Crippen LogP contribution in [0.1, 0.15) is 32.0 Å². The third-order valence-electron chi connectivity index (χ3n) is 3.19. The van der Waals surface area contributed by atoms with Crippen molar-refractivity contribution in [2.45, 2.75) is 33.1 Å². The van der Waals surface area contributed by atoms with Gasteiger partial charge in [0.05, 0.1) is 12.4 Å². The van der Waals surface area contributed by atoms with Crippen LogP contribution < -0.4 is 0 Å². The Hall–Kier alpha value is -2.17. The van der Waals surface area contributed by atoms with E-state index in [0.717, 1.165) is 17.0 Å².